The lowest BCUT2D eigenvalue weighted by Gasteiger charge is -2.33. The van der Waals surface area contributed by atoms with E-state index < -0.39 is 17.7 Å². The molecule has 2 N–H and O–H groups in total. The Kier molecular flexibility index (Phi) is 4.68. The average Bonchev–Trinajstić information content (AvgIpc) is 2.83. The van der Waals surface area contributed by atoms with Crippen LogP contribution in [-0.4, -0.2) is 23.9 Å². The van der Waals surface area contributed by atoms with Gasteiger partial charge in [0.25, 0.3) is 0 Å². The van der Waals surface area contributed by atoms with Crippen molar-refractivity contribution in [1.29, 1.82) is 0 Å². The Hall–Kier alpha value is -1.01. The van der Waals surface area contributed by atoms with E-state index in [9.17, 15) is 18.3 Å². The van der Waals surface area contributed by atoms with Crippen molar-refractivity contribution in [2.45, 2.75) is 57.3 Å². The molecule has 1 saturated carbocycles. The second-order valence-electron chi connectivity index (χ2n) is 6.17. The predicted molar refractivity (Wildman–Crippen MR) is 72.8 cm³/mol. The van der Waals surface area contributed by atoms with Crippen LogP contribution in [0.4, 0.5) is 13.2 Å². The molecule has 2 rings (SSSR count). The number of aliphatic hydroxyl groups is 1. The normalized spacial score (nSPS) is 26.6. The Morgan fingerprint density at radius 2 is 2.05 bits per heavy atom. The molecular weight excluding hydrogens is 283 g/mol. The highest BCUT2D eigenvalue weighted by Crippen LogP contribution is 2.37. The Bertz CT molecular complexity index is 468. The number of rotatable bonds is 4. The molecule has 1 aliphatic carbocycles. The molecule has 0 amide bonds. The van der Waals surface area contributed by atoms with Crippen LogP contribution in [0.25, 0.3) is 0 Å². The SMILES string of the molecule is Cc1ccc([C@](C)(O)CN[C@@H]2CCC[C@@H](C(F)(F)F)C2)o1. The van der Waals surface area contributed by atoms with Crippen molar-refractivity contribution in [3.8, 4) is 0 Å². The second kappa shape index (κ2) is 6.01. The van der Waals surface area contributed by atoms with E-state index in [-0.39, 0.29) is 25.4 Å². The van der Waals surface area contributed by atoms with Crippen molar-refractivity contribution in [2.75, 3.05) is 6.54 Å². The number of hydrogen-bond acceptors (Lipinski definition) is 3. The maximum atomic E-state index is 12.8. The zero-order chi connectivity index (χ0) is 15.7. The molecule has 1 aromatic rings. The van der Waals surface area contributed by atoms with Gasteiger partial charge in [-0.25, -0.2) is 0 Å². The first-order valence-electron chi connectivity index (χ1n) is 7.28. The maximum Gasteiger partial charge on any atom is 0.391 e. The van der Waals surface area contributed by atoms with Crippen LogP contribution in [0.3, 0.4) is 0 Å². The second-order valence-corrected chi connectivity index (χ2v) is 6.17. The molecule has 0 aliphatic heterocycles. The molecule has 3 atom stereocenters. The number of aryl methyl sites for hydroxylation is 1. The Morgan fingerprint density at radius 3 is 2.62 bits per heavy atom. The molecule has 3 nitrogen and oxygen atoms in total. The Morgan fingerprint density at radius 1 is 1.33 bits per heavy atom. The smallest absolute Gasteiger partial charge is 0.391 e. The largest absolute Gasteiger partial charge is 0.463 e. The van der Waals surface area contributed by atoms with Crippen LogP contribution in [0.5, 0.6) is 0 Å². The lowest BCUT2D eigenvalue weighted by atomic mass is 9.85. The Balaban J connectivity index is 1.90. The van der Waals surface area contributed by atoms with Crippen molar-refractivity contribution >= 4 is 0 Å². The van der Waals surface area contributed by atoms with Crippen LogP contribution in [0.15, 0.2) is 16.5 Å². The number of alkyl halides is 3. The molecule has 0 radical (unpaired) electrons. The molecule has 1 aromatic heterocycles. The molecule has 0 bridgehead atoms. The molecule has 21 heavy (non-hydrogen) atoms. The zero-order valence-corrected chi connectivity index (χ0v) is 12.3. The van der Waals surface area contributed by atoms with E-state index >= 15 is 0 Å². The summed E-state index contributed by atoms with van der Waals surface area (Å²) in [6.45, 7) is 3.56. The molecule has 0 unspecified atom stereocenters. The zero-order valence-electron chi connectivity index (χ0n) is 12.3. The molecule has 6 heteroatoms. The van der Waals surface area contributed by atoms with Crippen molar-refractivity contribution in [1.82, 2.24) is 5.32 Å². The summed E-state index contributed by atoms with van der Waals surface area (Å²) >= 11 is 0. The van der Waals surface area contributed by atoms with Gasteiger partial charge in [-0.3, -0.25) is 0 Å². The first-order valence-corrected chi connectivity index (χ1v) is 7.28. The van der Waals surface area contributed by atoms with E-state index in [1.807, 2.05) is 0 Å². The number of nitrogens with one attached hydrogen (secondary N) is 1. The topological polar surface area (TPSA) is 45.4 Å². The first-order chi connectivity index (χ1) is 9.68. The van der Waals surface area contributed by atoms with Gasteiger partial charge in [0.2, 0.25) is 0 Å². The van der Waals surface area contributed by atoms with Gasteiger partial charge in [0.05, 0.1) is 5.92 Å². The van der Waals surface area contributed by atoms with Gasteiger partial charge >= 0.3 is 6.18 Å². The summed E-state index contributed by atoms with van der Waals surface area (Å²) in [6, 6.07) is 3.23. The highest BCUT2D eigenvalue weighted by atomic mass is 19.4. The molecule has 1 heterocycles. The third kappa shape index (κ3) is 4.23. The molecule has 0 saturated heterocycles. The number of halogens is 3. The van der Waals surface area contributed by atoms with Gasteiger partial charge in [-0.2, -0.15) is 13.2 Å². The van der Waals surface area contributed by atoms with Gasteiger partial charge in [-0.1, -0.05) is 6.42 Å². The summed E-state index contributed by atoms with van der Waals surface area (Å²) in [5, 5.41) is 13.4. The molecular formula is C15H22F3NO2. The standard InChI is InChI=1S/C15H22F3NO2/c1-10-6-7-13(21-10)14(2,20)9-19-12-5-3-4-11(8-12)15(16,17)18/h6-7,11-12,19-20H,3-5,8-9H2,1-2H3/t11-,12-,14-/m1/s1. The Labute approximate surface area is 122 Å². The first kappa shape index (κ1) is 16.4. The van der Waals surface area contributed by atoms with Crippen molar-refractivity contribution in [3.05, 3.63) is 23.7 Å². The van der Waals surface area contributed by atoms with E-state index in [1.54, 1.807) is 26.0 Å². The van der Waals surface area contributed by atoms with Crippen molar-refractivity contribution in [3.63, 3.8) is 0 Å². The molecule has 120 valence electrons. The van der Waals surface area contributed by atoms with Gasteiger partial charge in [-0.15, -0.1) is 0 Å². The summed E-state index contributed by atoms with van der Waals surface area (Å²) in [4.78, 5) is 0. The lowest BCUT2D eigenvalue weighted by molar-refractivity contribution is -0.183. The van der Waals surface area contributed by atoms with E-state index in [4.69, 9.17) is 4.42 Å². The third-order valence-corrected chi connectivity index (χ3v) is 4.14. The van der Waals surface area contributed by atoms with E-state index in [2.05, 4.69) is 5.32 Å². The van der Waals surface area contributed by atoms with Crippen molar-refractivity contribution < 1.29 is 22.7 Å². The number of furan rings is 1. The maximum absolute atomic E-state index is 12.8. The highest BCUT2D eigenvalue weighted by Gasteiger charge is 2.42. The minimum atomic E-state index is -4.12. The molecule has 0 aromatic carbocycles. The average molecular weight is 305 g/mol. The quantitative estimate of drug-likeness (QED) is 0.895. The van der Waals surface area contributed by atoms with E-state index in [1.165, 1.54) is 0 Å². The van der Waals surface area contributed by atoms with Crippen molar-refractivity contribution in [2.24, 2.45) is 5.92 Å². The van der Waals surface area contributed by atoms with Crippen LogP contribution >= 0.6 is 0 Å². The van der Waals surface area contributed by atoms with Crippen LogP contribution in [0.2, 0.25) is 0 Å². The van der Waals surface area contributed by atoms with Gasteiger partial charge < -0.3 is 14.8 Å². The molecule has 1 aliphatic rings. The van der Waals surface area contributed by atoms with E-state index in [0.717, 1.165) is 0 Å². The molecule has 1 fully saturated rings. The summed E-state index contributed by atoms with van der Waals surface area (Å²) in [6.07, 6.45) is -2.57. The third-order valence-electron chi connectivity index (χ3n) is 4.14. The fourth-order valence-electron chi connectivity index (χ4n) is 2.83. The molecule has 0 spiro atoms. The van der Waals surface area contributed by atoms with Crippen LogP contribution in [0, 0.1) is 12.8 Å². The summed E-state index contributed by atoms with van der Waals surface area (Å²) < 4.78 is 43.7. The predicted octanol–water partition coefficient (Wildman–Crippen LogP) is 3.51. The van der Waals surface area contributed by atoms with Crippen LogP contribution < -0.4 is 5.32 Å². The number of hydrogen-bond donors (Lipinski definition) is 2. The minimum Gasteiger partial charge on any atom is -0.463 e. The fourth-order valence-corrected chi connectivity index (χ4v) is 2.83. The fraction of sp³-hybridized carbons (Fsp3) is 0.733. The van der Waals surface area contributed by atoms with Gasteiger partial charge in [0.1, 0.15) is 17.1 Å². The highest BCUT2D eigenvalue weighted by molar-refractivity contribution is 5.13. The minimum absolute atomic E-state index is 0.0801. The summed E-state index contributed by atoms with van der Waals surface area (Å²) in [7, 11) is 0. The monoisotopic (exact) mass is 305 g/mol. The summed E-state index contributed by atoms with van der Waals surface area (Å²) in [5.41, 5.74) is -1.22. The van der Waals surface area contributed by atoms with Gasteiger partial charge in [0.15, 0.2) is 0 Å². The lowest BCUT2D eigenvalue weighted by Crippen LogP contribution is -2.44. The van der Waals surface area contributed by atoms with Gasteiger partial charge in [0, 0.05) is 12.6 Å². The van der Waals surface area contributed by atoms with E-state index in [0.29, 0.717) is 24.4 Å². The van der Waals surface area contributed by atoms with Crippen LogP contribution in [0.1, 0.15) is 44.1 Å². The van der Waals surface area contributed by atoms with Crippen LogP contribution in [-0.2, 0) is 5.60 Å². The summed E-state index contributed by atoms with van der Waals surface area (Å²) in [5.74, 6) is -0.115. The van der Waals surface area contributed by atoms with Gasteiger partial charge in [-0.05, 0) is 45.2 Å².